The quantitative estimate of drug-likeness (QED) is 0.844. The highest BCUT2D eigenvalue weighted by Gasteiger charge is 2.34. The third-order valence-electron chi connectivity index (χ3n) is 4.86. The number of hydrogen-bond acceptors (Lipinski definition) is 5. The number of methoxy groups -OCH3 is 1. The first-order valence-corrected chi connectivity index (χ1v) is 8.45. The predicted molar refractivity (Wildman–Crippen MR) is 86.4 cm³/mol. The van der Waals surface area contributed by atoms with Crippen molar-refractivity contribution in [2.24, 2.45) is 0 Å². The molecule has 2 aromatic rings. The Morgan fingerprint density at radius 2 is 2.17 bits per heavy atom. The van der Waals surface area contributed by atoms with Crippen LogP contribution >= 0.6 is 0 Å². The van der Waals surface area contributed by atoms with Crippen molar-refractivity contribution < 1.29 is 9.26 Å². The van der Waals surface area contributed by atoms with Gasteiger partial charge in [-0.3, -0.25) is 4.90 Å². The fraction of sp³-hybridized carbons (Fsp3) is 0.556. The topological polar surface area (TPSA) is 51.4 Å². The van der Waals surface area contributed by atoms with Crippen molar-refractivity contribution in [3.8, 4) is 5.75 Å². The van der Waals surface area contributed by atoms with Gasteiger partial charge in [0, 0.05) is 18.0 Å². The van der Waals surface area contributed by atoms with E-state index in [0.29, 0.717) is 5.92 Å². The summed E-state index contributed by atoms with van der Waals surface area (Å²) in [6, 6.07) is 6.61. The largest absolute Gasteiger partial charge is 0.496 e. The third kappa shape index (κ3) is 2.98. The van der Waals surface area contributed by atoms with Crippen molar-refractivity contribution in [2.75, 3.05) is 13.7 Å². The lowest BCUT2D eigenvalue weighted by Gasteiger charge is -2.23. The van der Waals surface area contributed by atoms with Gasteiger partial charge in [0.05, 0.1) is 13.2 Å². The first-order chi connectivity index (χ1) is 11.2. The second kappa shape index (κ2) is 5.96. The van der Waals surface area contributed by atoms with E-state index in [2.05, 4.69) is 40.2 Å². The fourth-order valence-corrected chi connectivity index (χ4v) is 3.44. The van der Waals surface area contributed by atoms with Crippen LogP contribution in [0.2, 0.25) is 0 Å². The molecule has 0 spiro atoms. The molecular weight excluding hydrogens is 290 g/mol. The van der Waals surface area contributed by atoms with Crippen LogP contribution in [0.4, 0.5) is 0 Å². The summed E-state index contributed by atoms with van der Waals surface area (Å²) in [4.78, 5) is 7.10. The van der Waals surface area contributed by atoms with Crippen LogP contribution in [0.25, 0.3) is 0 Å². The molecule has 1 aliphatic carbocycles. The first kappa shape index (κ1) is 14.7. The number of aryl methyl sites for hydroxylation is 1. The predicted octanol–water partition coefficient (Wildman–Crippen LogP) is 3.60. The molecule has 2 heterocycles. The SMILES string of the molecule is COc1ccc(C)cc1CN1CCC[C@@H]1c1noc(C2CC2)n1. The Balaban J connectivity index is 1.54. The first-order valence-electron chi connectivity index (χ1n) is 8.45. The maximum absolute atomic E-state index is 5.52. The minimum atomic E-state index is 0.261. The number of likely N-dealkylation sites (tertiary alicyclic amines) is 1. The monoisotopic (exact) mass is 313 g/mol. The number of rotatable bonds is 5. The lowest BCUT2D eigenvalue weighted by atomic mass is 10.1. The zero-order valence-electron chi connectivity index (χ0n) is 13.8. The van der Waals surface area contributed by atoms with Gasteiger partial charge in [0.1, 0.15) is 5.75 Å². The minimum absolute atomic E-state index is 0.261. The average Bonchev–Trinajstić information content (AvgIpc) is 3.10. The molecular formula is C18H23N3O2. The van der Waals surface area contributed by atoms with Gasteiger partial charge in [0.2, 0.25) is 5.89 Å². The van der Waals surface area contributed by atoms with E-state index in [-0.39, 0.29) is 6.04 Å². The van der Waals surface area contributed by atoms with Crippen molar-refractivity contribution >= 4 is 0 Å². The summed E-state index contributed by atoms with van der Waals surface area (Å²) in [5, 5.41) is 4.25. The molecule has 0 unspecified atom stereocenters. The van der Waals surface area contributed by atoms with E-state index >= 15 is 0 Å². The molecule has 4 rings (SSSR count). The highest BCUT2D eigenvalue weighted by Crippen LogP contribution is 2.40. The zero-order valence-corrected chi connectivity index (χ0v) is 13.8. The summed E-state index contributed by atoms with van der Waals surface area (Å²) in [6.45, 7) is 4.05. The fourth-order valence-electron chi connectivity index (χ4n) is 3.44. The van der Waals surface area contributed by atoms with Gasteiger partial charge >= 0.3 is 0 Å². The van der Waals surface area contributed by atoms with Crippen LogP contribution in [-0.2, 0) is 6.54 Å². The number of aromatic nitrogens is 2. The van der Waals surface area contributed by atoms with Gasteiger partial charge in [-0.2, -0.15) is 4.98 Å². The average molecular weight is 313 g/mol. The molecule has 2 aliphatic rings. The van der Waals surface area contributed by atoms with Crippen LogP contribution in [0.15, 0.2) is 22.7 Å². The molecule has 1 atom stereocenters. The molecule has 0 amide bonds. The van der Waals surface area contributed by atoms with Crippen LogP contribution < -0.4 is 4.74 Å². The molecule has 122 valence electrons. The molecule has 5 heteroatoms. The maximum Gasteiger partial charge on any atom is 0.229 e. The Morgan fingerprint density at radius 3 is 2.96 bits per heavy atom. The number of hydrogen-bond donors (Lipinski definition) is 0. The summed E-state index contributed by atoms with van der Waals surface area (Å²) < 4.78 is 11.0. The van der Waals surface area contributed by atoms with E-state index in [1.54, 1.807) is 7.11 Å². The van der Waals surface area contributed by atoms with Crippen molar-refractivity contribution in [1.29, 1.82) is 0 Å². The summed E-state index contributed by atoms with van der Waals surface area (Å²) in [5.41, 5.74) is 2.48. The van der Waals surface area contributed by atoms with Crippen molar-refractivity contribution in [3.05, 3.63) is 41.0 Å². The highest BCUT2D eigenvalue weighted by molar-refractivity contribution is 5.37. The van der Waals surface area contributed by atoms with Crippen LogP contribution in [0.1, 0.15) is 60.5 Å². The van der Waals surface area contributed by atoms with Gasteiger partial charge in [-0.05, 0) is 45.2 Å². The van der Waals surface area contributed by atoms with Gasteiger partial charge in [0.15, 0.2) is 5.82 Å². The van der Waals surface area contributed by atoms with Crippen LogP contribution in [0.5, 0.6) is 5.75 Å². The number of ether oxygens (including phenoxy) is 1. The smallest absolute Gasteiger partial charge is 0.229 e. The number of nitrogens with zero attached hydrogens (tertiary/aromatic N) is 3. The summed E-state index contributed by atoms with van der Waals surface area (Å²) >= 11 is 0. The molecule has 0 radical (unpaired) electrons. The molecule has 5 nitrogen and oxygen atoms in total. The van der Waals surface area contributed by atoms with Crippen LogP contribution in [0, 0.1) is 6.92 Å². The van der Waals surface area contributed by atoms with Gasteiger partial charge in [-0.25, -0.2) is 0 Å². The second-order valence-electron chi connectivity index (χ2n) is 6.71. The standard InChI is InChI=1S/C18H23N3O2/c1-12-5-8-16(22-2)14(10-12)11-21-9-3-4-15(21)17-19-18(23-20-17)13-6-7-13/h5,8,10,13,15H,3-4,6-7,9,11H2,1-2H3/t15-/m1/s1. The Kier molecular flexibility index (Phi) is 3.81. The van der Waals surface area contributed by atoms with Crippen molar-refractivity contribution in [1.82, 2.24) is 15.0 Å². The van der Waals surface area contributed by atoms with Crippen molar-refractivity contribution in [3.63, 3.8) is 0 Å². The highest BCUT2D eigenvalue weighted by atomic mass is 16.5. The lowest BCUT2D eigenvalue weighted by molar-refractivity contribution is 0.230. The van der Waals surface area contributed by atoms with Crippen LogP contribution in [0.3, 0.4) is 0 Å². The Labute approximate surface area is 136 Å². The van der Waals surface area contributed by atoms with E-state index in [9.17, 15) is 0 Å². The third-order valence-corrected chi connectivity index (χ3v) is 4.86. The summed E-state index contributed by atoms with van der Waals surface area (Å²) in [7, 11) is 1.73. The molecule has 0 bridgehead atoms. The van der Waals surface area contributed by atoms with Gasteiger partial charge in [-0.1, -0.05) is 22.9 Å². The van der Waals surface area contributed by atoms with Gasteiger partial charge in [-0.15, -0.1) is 0 Å². The Hall–Kier alpha value is -1.88. The van der Waals surface area contributed by atoms with Gasteiger partial charge < -0.3 is 9.26 Å². The van der Waals surface area contributed by atoms with Crippen LogP contribution in [-0.4, -0.2) is 28.7 Å². The minimum Gasteiger partial charge on any atom is -0.496 e. The molecule has 2 fully saturated rings. The van der Waals surface area contributed by atoms with Crippen molar-refractivity contribution in [2.45, 2.75) is 51.1 Å². The number of benzene rings is 1. The molecule has 1 aromatic carbocycles. The zero-order chi connectivity index (χ0) is 15.8. The molecule has 1 aromatic heterocycles. The normalized spacial score (nSPS) is 21.7. The van der Waals surface area contributed by atoms with E-state index in [4.69, 9.17) is 9.26 Å². The second-order valence-corrected chi connectivity index (χ2v) is 6.71. The summed E-state index contributed by atoms with van der Waals surface area (Å²) in [5.74, 6) is 3.16. The van der Waals surface area contributed by atoms with E-state index < -0.39 is 0 Å². The maximum atomic E-state index is 5.52. The summed E-state index contributed by atoms with van der Waals surface area (Å²) in [6.07, 6.45) is 4.65. The molecule has 23 heavy (non-hydrogen) atoms. The lowest BCUT2D eigenvalue weighted by Crippen LogP contribution is -2.24. The molecule has 1 aliphatic heterocycles. The van der Waals surface area contributed by atoms with E-state index in [1.165, 1.54) is 30.4 Å². The van der Waals surface area contributed by atoms with E-state index in [1.807, 2.05) is 0 Å². The van der Waals surface area contributed by atoms with Gasteiger partial charge in [0.25, 0.3) is 0 Å². The molecule has 1 saturated heterocycles. The Bertz CT molecular complexity index is 693. The molecule has 1 saturated carbocycles. The molecule has 0 N–H and O–H groups in total. The Morgan fingerprint density at radius 1 is 1.30 bits per heavy atom. The van der Waals surface area contributed by atoms with E-state index in [0.717, 1.165) is 37.0 Å².